The Kier molecular flexibility index (Phi) is 5.59. The molecule has 0 atom stereocenters. The van der Waals surface area contributed by atoms with E-state index in [9.17, 15) is 13.0 Å². The van der Waals surface area contributed by atoms with Gasteiger partial charge in [0.15, 0.2) is 0 Å². The second-order valence-corrected chi connectivity index (χ2v) is 6.97. The van der Waals surface area contributed by atoms with Crippen LogP contribution in [0.2, 0.25) is 0 Å². The van der Waals surface area contributed by atoms with Crippen molar-refractivity contribution in [2.45, 2.75) is 57.3 Å². The lowest BCUT2D eigenvalue weighted by Gasteiger charge is -2.24. The van der Waals surface area contributed by atoms with Crippen LogP contribution in [0.5, 0.6) is 5.75 Å². The minimum atomic E-state index is -4.29. The number of rotatable bonds is 7. The van der Waals surface area contributed by atoms with E-state index in [1.807, 2.05) is 33.8 Å². The van der Waals surface area contributed by atoms with Gasteiger partial charge in [-0.05, 0) is 36.0 Å². The molecule has 4 nitrogen and oxygen atoms in total. The Hall–Kier alpha value is -1.07. The molecule has 0 fully saturated rings. The third-order valence-corrected chi connectivity index (χ3v) is 4.52. The van der Waals surface area contributed by atoms with Crippen molar-refractivity contribution >= 4 is 10.1 Å². The molecule has 0 spiro atoms. The molecule has 0 aromatic heterocycles. The molecule has 1 aromatic rings. The van der Waals surface area contributed by atoms with Gasteiger partial charge in [0, 0.05) is 0 Å². The molecule has 1 aromatic carbocycles. The van der Waals surface area contributed by atoms with Gasteiger partial charge < -0.3 is 4.74 Å². The average Bonchev–Trinajstić information content (AvgIpc) is 2.38. The Morgan fingerprint density at radius 2 is 1.90 bits per heavy atom. The van der Waals surface area contributed by atoms with Crippen molar-refractivity contribution < 1.29 is 17.7 Å². The highest BCUT2D eigenvalue weighted by atomic mass is 32.2. The molecule has 20 heavy (non-hydrogen) atoms. The smallest absolute Gasteiger partial charge is 0.298 e. The van der Waals surface area contributed by atoms with Crippen molar-refractivity contribution in [1.82, 2.24) is 0 Å². The zero-order chi connectivity index (χ0) is 15.4. The monoisotopic (exact) mass is 300 g/mol. The van der Waals surface area contributed by atoms with Crippen molar-refractivity contribution in [3.63, 3.8) is 0 Å². The summed E-state index contributed by atoms with van der Waals surface area (Å²) in [6.07, 6.45) is 2.67. The molecule has 0 bridgehead atoms. The van der Waals surface area contributed by atoms with Gasteiger partial charge in [-0.2, -0.15) is 8.42 Å². The predicted octanol–water partition coefficient (Wildman–Crippen LogP) is 3.80. The number of hydrogen-bond acceptors (Lipinski definition) is 3. The Morgan fingerprint density at radius 3 is 2.40 bits per heavy atom. The lowest BCUT2D eigenvalue weighted by Crippen LogP contribution is -2.16. The van der Waals surface area contributed by atoms with Crippen LogP contribution in [0.3, 0.4) is 0 Å². The molecule has 1 N–H and O–H groups in total. The summed E-state index contributed by atoms with van der Waals surface area (Å²) in [7, 11) is -4.29. The molecule has 5 heteroatoms. The first-order chi connectivity index (χ1) is 9.22. The predicted molar refractivity (Wildman–Crippen MR) is 80.0 cm³/mol. The molecule has 1 rings (SSSR count). The van der Waals surface area contributed by atoms with Gasteiger partial charge in [0.25, 0.3) is 10.1 Å². The molecule has 0 unspecified atom stereocenters. The topological polar surface area (TPSA) is 63.6 Å². The van der Waals surface area contributed by atoms with Gasteiger partial charge in [-0.15, -0.1) is 0 Å². The fourth-order valence-corrected chi connectivity index (χ4v) is 2.44. The van der Waals surface area contributed by atoms with Crippen LogP contribution in [-0.4, -0.2) is 19.6 Å². The van der Waals surface area contributed by atoms with E-state index in [0.29, 0.717) is 6.61 Å². The standard InChI is InChI=1S/C15H24O4S/c1-5-7-10-19-13-9-8-12(15(3,4)6-2)11-14(13)20(16,17)18/h8-9,11H,5-7,10H2,1-4H3,(H,16,17,18). The lowest BCUT2D eigenvalue weighted by molar-refractivity contribution is 0.300. The average molecular weight is 300 g/mol. The van der Waals surface area contributed by atoms with Gasteiger partial charge >= 0.3 is 0 Å². The van der Waals surface area contributed by atoms with Gasteiger partial charge in [-0.25, -0.2) is 0 Å². The van der Waals surface area contributed by atoms with Crippen molar-refractivity contribution in [1.29, 1.82) is 0 Å². The first-order valence-electron chi connectivity index (χ1n) is 6.97. The van der Waals surface area contributed by atoms with Gasteiger partial charge in [0.2, 0.25) is 0 Å². The summed E-state index contributed by atoms with van der Waals surface area (Å²) < 4.78 is 37.9. The molecule has 0 aliphatic heterocycles. The van der Waals surface area contributed by atoms with Crippen molar-refractivity contribution in [3.05, 3.63) is 23.8 Å². The summed E-state index contributed by atoms with van der Waals surface area (Å²) in [5.74, 6) is 0.219. The van der Waals surface area contributed by atoms with E-state index in [1.165, 1.54) is 6.07 Å². The van der Waals surface area contributed by atoms with Crippen LogP contribution in [0.4, 0.5) is 0 Å². The first kappa shape index (κ1) is 17.0. The molecule has 0 aliphatic carbocycles. The number of ether oxygens (including phenoxy) is 1. The van der Waals surface area contributed by atoms with Crippen LogP contribution in [0.1, 0.15) is 52.5 Å². The first-order valence-corrected chi connectivity index (χ1v) is 8.41. The zero-order valence-electron chi connectivity index (χ0n) is 12.6. The summed E-state index contributed by atoms with van der Waals surface area (Å²) in [5, 5.41) is 0. The van der Waals surface area contributed by atoms with E-state index in [2.05, 4.69) is 0 Å². The third-order valence-electron chi connectivity index (χ3n) is 3.64. The molecule has 0 heterocycles. The van der Waals surface area contributed by atoms with Crippen molar-refractivity contribution in [3.8, 4) is 5.75 Å². The van der Waals surface area contributed by atoms with Crippen LogP contribution in [0.15, 0.2) is 23.1 Å². The highest BCUT2D eigenvalue weighted by Gasteiger charge is 2.23. The maximum absolute atomic E-state index is 11.5. The van der Waals surface area contributed by atoms with E-state index in [0.717, 1.165) is 24.8 Å². The third kappa shape index (κ3) is 4.21. The molecule has 0 saturated carbocycles. The summed E-state index contributed by atoms with van der Waals surface area (Å²) in [4.78, 5) is -0.146. The van der Waals surface area contributed by atoms with Gasteiger partial charge in [-0.1, -0.05) is 40.2 Å². The Morgan fingerprint density at radius 1 is 1.25 bits per heavy atom. The maximum Gasteiger partial charge on any atom is 0.298 e. The van der Waals surface area contributed by atoms with Crippen LogP contribution in [0.25, 0.3) is 0 Å². The van der Waals surface area contributed by atoms with E-state index in [-0.39, 0.29) is 16.1 Å². The van der Waals surface area contributed by atoms with Gasteiger partial charge in [0.05, 0.1) is 6.61 Å². The molecule has 114 valence electrons. The highest BCUT2D eigenvalue weighted by Crippen LogP contribution is 2.32. The minimum absolute atomic E-state index is 0.146. The van der Waals surface area contributed by atoms with E-state index < -0.39 is 10.1 Å². The quantitative estimate of drug-likeness (QED) is 0.614. The number of benzene rings is 1. The fourth-order valence-electron chi connectivity index (χ4n) is 1.78. The fraction of sp³-hybridized carbons (Fsp3) is 0.600. The van der Waals surface area contributed by atoms with Crippen LogP contribution < -0.4 is 4.74 Å². The highest BCUT2D eigenvalue weighted by molar-refractivity contribution is 7.86. The Balaban J connectivity index is 3.21. The normalized spacial score (nSPS) is 12.4. The second kappa shape index (κ2) is 6.59. The van der Waals surface area contributed by atoms with Crippen LogP contribution in [-0.2, 0) is 15.5 Å². The maximum atomic E-state index is 11.5. The molecule has 0 aliphatic rings. The second-order valence-electron chi connectivity index (χ2n) is 5.58. The van der Waals surface area contributed by atoms with E-state index in [4.69, 9.17) is 4.74 Å². The summed E-state index contributed by atoms with van der Waals surface area (Å²) in [6, 6.07) is 5.01. The SMILES string of the molecule is CCCCOc1ccc(C(C)(C)CC)cc1S(=O)(=O)O. The minimum Gasteiger partial charge on any atom is -0.492 e. The van der Waals surface area contributed by atoms with E-state index >= 15 is 0 Å². The number of unbranched alkanes of at least 4 members (excludes halogenated alkanes) is 1. The molecule has 0 saturated heterocycles. The van der Waals surface area contributed by atoms with Gasteiger partial charge in [0.1, 0.15) is 10.6 Å². The zero-order valence-corrected chi connectivity index (χ0v) is 13.5. The summed E-state index contributed by atoms with van der Waals surface area (Å²) in [6.45, 7) is 8.58. The Labute approximate surface area is 121 Å². The molecular weight excluding hydrogens is 276 g/mol. The molecule has 0 radical (unpaired) electrons. The largest absolute Gasteiger partial charge is 0.492 e. The lowest BCUT2D eigenvalue weighted by atomic mass is 9.82. The van der Waals surface area contributed by atoms with Crippen LogP contribution >= 0.6 is 0 Å². The van der Waals surface area contributed by atoms with Gasteiger partial charge in [-0.3, -0.25) is 4.55 Å². The number of hydrogen-bond donors (Lipinski definition) is 1. The summed E-state index contributed by atoms with van der Waals surface area (Å²) >= 11 is 0. The summed E-state index contributed by atoms with van der Waals surface area (Å²) in [5.41, 5.74) is 0.719. The molecular formula is C15H24O4S. The van der Waals surface area contributed by atoms with Crippen molar-refractivity contribution in [2.75, 3.05) is 6.61 Å². The van der Waals surface area contributed by atoms with Crippen molar-refractivity contribution in [2.24, 2.45) is 0 Å². The molecule has 0 amide bonds. The van der Waals surface area contributed by atoms with Crippen LogP contribution in [0, 0.1) is 0 Å². The Bertz CT molecular complexity index is 547. The van der Waals surface area contributed by atoms with E-state index in [1.54, 1.807) is 6.07 Å².